The average Bonchev–Trinajstić information content (AvgIpc) is 3.14. The van der Waals surface area contributed by atoms with Crippen LogP contribution < -0.4 is 11.1 Å². The number of hydrogen-bond acceptors (Lipinski definition) is 5. The SMILES string of the molecule is CCCC/C=C\C/C=C\C(CCCCCCC(=O)NC(CCCN)C(=O)O)OC(=O)CCCCCCCCCCC/C=C\CCCCCCCCCC. The van der Waals surface area contributed by atoms with Crippen molar-refractivity contribution in [2.75, 3.05) is 6.54 Å². The monoisotopic (exact) mass is 745 g/mol. The van der Waals surface area contributed by atoms with Gasteiger partial charge in [0.15, 0.2) is 0 Å². The van der Waals surface area contributed by atoms with Crippen LogP contribution >= 0.6 is 0 Å². The van der Waals surface area contributed by atoms with Crippen LogP contribution in [0.4, 0.5) is 0 Å². The minimum atomic E-state index is -1.02. The van der Waals surface area contributed by atoms with E-state index >= 15 is 0 Å². The zero-order valence-electron chi connectivity index (χ0n) is 34.6. The van der Waals surface area contributed by atoms with E-state index < -0.39 is 12.0 Å². The normalized spacial score (nSPS) is 13.0. The predicted octanol–water partition coefficient (Wildman–Crippen LogP) is 12.6. The number of allylic oxidation sites excluding steroid dienone is 5. The van der Waals surface area contributed by atoms with Crippen LogP contribution in [0.25, 0.3) is 0 Å². The number of carboxylic acids is 1. The van der Waals surface area contributed by atoms with E-state index in [4.69, 9.17) is 10.5 Å². The number of amides is 1. The second-order valence-corrected chi connectivity index (χ2v) is 15.1. The molecule has 2 unspecified atom stereocenters. The number of carbonyl (C=O) groups excluding carboxylic acids is 2. The van der Waals surface area contributed by atoms with Crippen LogP contribution in [-0.4, -0.2) is 41.6 Å². The summed E-state index contributed by atoms with van der Waals surface area (Å²) in [7, 11) is 0. The van der Waals surface area contributed by atoms with Gasteiger partial charge in [0.2, 0.25) is 5.91 Å². The van der Waals surface area contributed by atoms with Crippen LogP contribution in [0.1, 0.15) is 219 Å². The Labute approximate surface area is 326 Å². The first-order valence-corrected chi connectivity index (χ1v) is 22.3. The van der Waals surface area contributed by atoms with Crippen LogP contribution in [0, 0.1) is 0 Å². The lowest BCUT2D eigenvalue weighted by atomic mass is 10.0. The lowest BCUT2D eigenvalue weighted by Gasteiger charge is -2.15. The van der Waals surface area contributed by atoms with Crippen LogP contribution in [0.15, 0.2) is 36.5 Å². The summed E-state index contributed by atoms with van der Waals surface area (Å²) in [6, 6.07) is -0.874. The third-order valence-corrected chi connectivity index (χ3v) is 9.91. The molecular weight excluding hydrogens is 661 g/mol. The summed E-state index contributed by atoms with van der Waals surface area (Å²) in [5.74, 6) is -1.35. The van der Waals surface area contributed by atoms with Gasteiger partial charge in [0.1, 0.15) is 12.1 Å². The Hall–Kier alpha value is -2.41. The van der Waals surface area contributed by atoms with Crippen LogP contribution in [0.5, 0.6) is 0 Å². The van der Waals surface area contributed by atoms with Gasteiger partial charge in [-0.05, 0) is 89.7 Å². The van der Waals surface area contributed by atoms with Gasteiger partial charge in [-0.15, -0.1) is 0 Å². The van der Waals surface area contributed by atoms with Gasteiger partial charge >= 0.3 is 11.9 Å². The molecule has 7 heteroatoms. The molecular formula is C46H84N2O5. The second kappa shape index (κ2) is 40.8. The van der Waals surface area contributed by atoms with E-state index in [1.165, 1.54) is 122 Å². The highest BCUT2D eigenvalue weighted by atomic mass is 16.5. The van der Waals surface area contributed by atoms with Crippen molar-refractivity contribution in [3.8, 4) is 0 Å². The first-order valence-electron chi connectivity index (χ1n) is 22.3. The number of nitrogens with two attached hydrogens (primary N) is 1. The topological polar surface area (TPSA) is 119 Å². The number of carbonyl (C=O) groups is 3. The number of rotatable bonds is 40. The highest BCUT2D eigenvalue weighted by Crippen LogP contribution is 2.16. The molecule has 0 aromatic carbocycles. The van der Waals surface area contributed by atoms with E-state index in [0.717, 1.165) is 51.4 Å². The molecule has 0 bridgehead atoms. The zero-order chi connectivity index (χ0) is 38.9. The Kier molecular flexibility index (Phi) is 38.9. The Bertz CT molecular complexity index is 931. The van der Waals surface area contributed by atoms with Gasteiger partial charge in [0.25, 0.3) is 0 Å². The molecule has 2 atom stereocenters. The Balaban J connectivity index is 4.11. The molecule has 1 amide bonds. The second-order valence-electron chi connectivity index (χ2n) is 15.1. The molecule has 7 nitrogen and oxygen atoms in total. The van der Waals surface area contributed by atoms with Gasteiger partial charge in [0, 0.05) is 12.8 Å². The maximum Gasteiger partial charge on any atom is 0.326 e. The standard InChI is InChI=1S/C46H84N2O5/c1-3-5-7-9-11-12-13-14-15-16-17-18-19-20-21-22-23-24-26-28-34-40-45(50)53-42(36-31-27-25-10-8-6-4-2)37-32-29-30-33-39-44(49)48-43(46(51)52)38-35-41-47/h10,16-17,25,31,36,42-43H,3-9,11-15,18-24,26-30,32-35,37-41,47H2,1-2H3,(H,48,49)(H,51,52)/b17-16-,25-10-,36-31-. The number of aliphatic carboxylic acids is 1. The Morgan fingerprint density at radius 3 is 1.62 bits per heavy atom. The van der Waals surface area contributed by atoms with Gasteiger partial charge in [0.05, 0.1) is 0 Å². The molecule has 0 aromatic rings. The smallest absolute Gasteiger partial charge is 0.326 e. The minimum absolute atomic E-state index is 0.107. The number of hydrogen-bond donors (Lipinski definition) is 3. The molecule has 53 heavy (non-hydrogen) atoms. The molecule has 0 radical (unpaired) electrons. The van der Waals surface area contributed by atoms with E-state index in [1.54, 1.807) is 0 Å². The van der Waals surface area contributed by atoms with E-state index in [9.17, 15) is 19.5 Å². The molecule has 0 aliphatic rings. The molecule has 0 rings (SSSR count). The van der Waals surface area contributed by atoms with E-state index in [0.29, 0.717) is 38.6 Å². The fourth-order valence-corrected chi connectivity index (χ4v) is 6.50. The van der Waals surface area contributed by atoms with E-state index in [1.807, 2.05) is 6.08 Å². The summed E-state index contributed by atoms with van der Waals surface area (Å²) in [6.45, 7) is 4.88. The minimum Gasteiger partial charge on any atom is -0.480 e. The molecule has 0 aliphatic carbocycles. The van der Waals surface area contributed by atoms with Crippen molar-refractivity contribution in [1.82, 2.24) is 5.32 Å². The highest BCUT2D eigenvalue weighted by Gasteiger charge is 2.19. The lowest BCUT2D eigenvalue weighted by molar-refractivity contribution is -0.147. The van der Waals surface area contributed by atoms with E-state index in [2.05, 4.69) is 49.5 Å². The first kappa shape index (κ1) is 50.6. The van der Waals surface area contributed by atoms with Gasteiger partial charge in [-0.3, -0.25) is 9.59 Å². The molecule has 308 valence electrons. The fraction of sp³-hybridized carbons (Fsp3) is 0.804. The largest absolute Gasteiger partial charge is 0.480 e. The van der Waals surface area contributed by atoms with Gasteiger partial charge in [-0.25, -0.2) is 4.79 Å². The summed E-state index contributed by atoms with van der Waals surface area (Å²) >= 11 is 0. The summed E-state index contributed by atoms with van der Waals surface area (Å²) < 4.78 is 5.90. The van der Waals surface area contributed by atoms with Crippen molar-refractivity contribution in [2.24, 2.45) is 5.73 Å². The molecule has 0 aliphatic heterocycles. The van der Waals surface area contributed by atoms with Crippen molar-refractivity contribution >= 4 is 17.8 Å². The molecule has 0 aromatic heterocycles. The predicted molar refractivity (Wildman–Crippen MR) is 225 cm³/mol. The van der Waals surface area contributed by atoms with Crippen molar-refractivity contribution in [1.29, 1.82) is 0 Å². The lowest BCUT2D eigenvalue weighted by Crippen LogP contribution is -2.40. The highest BCUT2D eigenvalue weighted by molar-refractivity contribution is 5.83. The summed E-state index contributed by atoms with van der Waals surface area (Å²) in [6.07, 6.45) is 47.9. The average molecular weight is 745 g/mol. The van der Waals surface area contributed by atoms with Crippen LogP contribution in [0.3, 0.4) is 0 Å². The summed E-state index contributed by atoms with van der Waals surface area (Å²) in [5, 5.41) is 11.9. The fourth-order valence-electron chi connectivity index (χ4n) is 6.50. The third-order valence-electron chi connectivity index (χ3n) is 9.91. The molecule has 0 spiro atoms. The Morgan fingerprint density at radius 2 is 1.06 bits per heavy atom. The van der Waals surface area contributed by atoms with Gasteiger partial charge < -0.3 is 20.9 Å². The number of ether oxygens (including phenoxy) is 1. The van der Waals surface area contributed by atoms with Crippen molar-refractivity contribution in [2.45, 2.75) is 231 Å². The number of unbranched alkanes of at least 4 members (excludes halogenated alkanes) is 22. The van der Waals surface area contributed by atoms with Crippen molar-refractivity contribution < 1.29 is 24.2 Å². The van der Waals surface area contributed by atoms with Crippen molar-refractivity contribution in [3.63, 3.8) is 0 Å². The first-order chi connectivity index (χ1) is 25.9. The van der Waals surface area contributed by atoms with Gasteiger partial charge in [-0.1, -0.05) is 160 Å². The molecule has 0 saturated carbocycles. The molecule has 4 N–H and O–H groups in total. The summed E-state index contributed by atoms with van der Waals surface area (Å²) in [4.78, 5) is 36.3. The van der Waals surface area contributed by atoms with Crippen LogP contribution in [-0.2, 0) is 19.1 Å². The zero-order valence-corrected chi connectivity index (χ0v) is 34.6. The number of carboxylic acid groups (broad SMARTS) is 1. The molecule has 0 saturated heterocycles. The maximum atomic E-state index is 12.7. The quantitative estimate of drug-likeness (QED) is 0.0326. The van der Waals surface area contributed by atoms with Gasteiger partial charge in [-0.2, -0.15) is 0 Å². The van der Waals surface area contributed by atoms with Crippen LogP contribution in [0.2, 0.25) is 0 Å². The summed E-state index contributed by atoms with van der Waals surface area (Å²) in [5.41, 5.74) is 5.48. The Morgan fingerprint density at radius 1 is 0.566 bits per heavy atom. The van der Waals surface area contributed by atoms with Crippen molar-refractivity contribution in [3.05, 3.63) is 36.5 Å². The third kappa shape index (κ3) is 37.7. The molecule has 0 heterocycles. The molecule has 0 fully saturated rings. The number of esters is 1. The maximum absolute atomic E-state index is 12.7. The number of nitrogens with one attached hydrogen (secondary N) is 1. The van der Waals surface area contributed by atoms with E-state index in [-0.39, 0.29) is 18.0 Å².